The molecule has 36 heavy (non-hydrogen) atoms. The van der Waals surface area contributed by atoms with Gasteiger partial charge in [-0.1, -0.05) is 60.7 Å². The molecular formula is C28H40O8. The fourth-order valence-electron chi connectivity index (χ4n) is 2.88. The van der Waals surface area contributed by atoms with Crippen LogP contribution in [-0.2, 0) is 51.2 Å². The number of methoxy groups -OCH3 is 2. The van der Waals surface area contributed by atoms with E-state index in [0.717, 1.165) is 11.1 Å². The van der Waals surface area contributed by atoms with Crippen LogP contribution >= 0.6 is 0 Å². The van der Waals surface area contributed by atoms with Gasteiger partial charge in [-0.3, -0.25) is 9.59 Å². The minimum Gasteiger partial charge on any atom is -0.461 e. The summed E-state index contributed by atoms with van der Waals surface area (Å²) in [6, 6.07) is 19.2. The minimum atomic E-state index is -0.273. The number of hydrogen-bond donors (Lipinski definition) is 0. The number of benzene rings is 2. The summed E-state index contributed by atoms with van der Waals surface area (Å²) in [6.45, 7) is 6.44. The Hall–Kier alpha value is -2.78. The molecule has 0 bridgehead atoms. The zero-order chi connectivity index (χ0) is 26.4. The predicted molar refractivity (Wildman–Crippen MR) is 136 cm³/mol. The van der Waals surface area contributed by atoms with Crippen molar-refractivity contribution in [2.24, 2.45) is 0 Å². The van der Waals surface area contributed by atoms with Gasteiger partial charge in [0.2, 0.25) is 0 Å². The third kappa shape index (κ3) is 15.3. The summed E-state index contributed by atoms with van der Waals surface area (Å²) in [5, 5.41) is 0. The van der Waals surface area contributed by atoms with Gasteiger partial charge in [0.25, 0.3) is 0 Å². The maximum Gasteiger partial charge on any atom is 0.308 e. The van der Waals surface area contributed by atoms with Crippen molar-refractivity contribution in [3.63, 3.8) is 0 Å². The summed E-state index contributed by atoms with van der Waals surface area (Å²) in [5.41, 5.74) is 1.95. The quantitative estimate of drug-likeness (QED) is 0.312. The zero-order valence-corrected chi connectivity index (χ0v) is 21.9. The van der Waals surface area contributed by atoms with Crippen LogP contribution in [0.4, 0.5) is 0 Å². The molecule has 2 aromatic carbocycles. The number of carbonyl (C=O) groups excluding carboxylic acids is 2. The normalized spacial score (nSPS) is 12.1. The van der Waals surface area contributed by atoms with Gasteiger partial charge in [0, 0.05) is 27.4 Å². The third-order valence-corrected chi connectivity index (χ3v) is 4.96. The van der Waals surface area contributed by atoms with Crippen LogP contribution in [0.3, 0.4) is 0 Å². The zero-order valence-electron chi connectivity index (χ0n) is 21.9. The van der Waals surface area contributed by atoms with E-state index in [1.54, 1.807) is 14.2 Å². The fraction of sp³-hybridized carbons (Fsp3) is 0.500. The topological polar surface area (TPSA) is 89.5 Å². The third-order valence-electron chi connectivity index (χ3n) is 4.96. The molecule has 0 spiro atoms. The molecule has 8 nitrogen and oxygen atoms in total. The smallest absolute Gasteiger partial charge is 0.308 e. The van der Waals surface area contributed by atoms with Crippen molar-refractivity contribution in [2.45, 2.75) is 52.1 Å². The molecule has 200 valence electrons. The standard InChI is InChI=1S/2C14H20O4/c2*1-3-17-11-13(16-2)9-14(15)18-10-12-7-5-4-6-8-12/h2*4-8,13H,3,9-11H2,1-2H3/t2*13-/m00/s1. The van der Waals surface area contributed by atoms with E-state index in [4.69, 9.17) is 28.4 Å². The van der Waals surface area contributed by atoms with Crippen molar-refractivity contribution in [2.75, 3.05) is 40.6 Å². The highest BCUT2D eigenvalue weighted by molar-refractivity contribution is 5.70. The van der Waals surface area contributed by atoms with E-state index < -0.39 is 0 Å². The van der Waals surface area contributed by atoms with Crippen LogP contribution in [0.15, 0.2) is 60.7 Å². The van der Waals surface area contributed by atoms with Gasteiger partial charge in [0.1, 0.15) is 13.2 Å². The Morgan fingerprint density at radius 1 is 0.639 bits per heavy atom. The molecule has 0 amide bonds. The highest BCUT2D eigenvalue weighted by atomic mass is 16.6. The van der Waals surface area contributed by atoms with Gasteiger partial charge in [-0.05, 0) is 25.0 Å². The molecule has 2 rings (SSSR count). The van der Waals surface area contributed by atoms with Crippen LogP contribution in [0.2, 0.25) is 0 Å². The fourth-order valence-corrected chi connectivity index (χ4v) is 2.88. The Morgan fingerprint density at radius 2 is 1.00 bits per heavy atom. The second kappa shape index (κ2) is 20.4. The number of hydrogen-bond acceptors (Lipinski definition) is 8. The molecule has 0 saturated heterocycles. The first kappa shape index (κ1) is 31.3. The summed E-state index contributed by atoms with van der Waals surface area (Å²) >= 11 is 0. The molecule has 0 aliphatic carbocycles. The van der Waals surface area contributed by atoms with Crippen molar-refractivity contribution in [3.8, 4) is 0 Å². The van der Waals surface area contributed by atoms with Gasteiger partial charge in [-0.2, -0.15) is 0 Å². The molecule has 0 saturated carbocycles. The van der Waals surface area contributed by atoms with E-state index >= 15 is 0 Å². The lowest BCUT2D eigenvalue weighted by molar-refractivity contribution is -0.149. The number of esters is 2. The van der Waals surface area contributed by atoms with E-state index in [1.807, 2.05) is 74.5 Å². The first-order valence-corrected chi connectivity index (χ1v) is 12.1. The minimum absolute atomic E-state index is 0.212. The first-order chi connectivity index (χ1) is 17.5. The van der Waals surface area contributed by atoms with E-state index in [-0.39, 0.29) is 37.0 Å². The molecule has 2 aromatic rings. The molecule has 0 heterocycles. The monoisotopic (exact) mass is 504 g/mol. The second-order valence-electron chi connectivity index (χ2n) is 7.74. The van der Waals surface area contributed by atoms with Crippen molar-refractivity contribution in [3.05, 3.63) is 71.8 Å². The lowest BCUT2D eigenvalue weighted by Gasteiger charge is -2.14. The molecule has 2 atom stereocenters. The molecule has 0 aromatic heterocycles. The number of rotatable bonds is 16. The maximum atomic E-state index is 11.6. The van der Waals surface area contributed by atoms with Crippen LogP contribution in [0.5, 0.6) is 0 Å². The van der Waals surface area contributed by atoms with Crippen LogP contribution < -0.4 is 0 Å². The highest BCUT2D eigenvalue weighted by Crippen LogP contribution is 2.06. The van der Waals surface area contributed by atoms with Crippen molar-refractivity contribution in [1.82, 2.24) is 0 Å². The Labute approximate surface area is 214 Å². The summed E-state index contributed by atoms with van der Waals surface area (Å²) in [4.78, 5) is 23.2. The summed E-state index contributed by atoms with van der Waals surface area (Å²) in [6.07, 6.45) is -0.0615. The summed E-state index contributed by atoms with van der Waals surface area (Å²) in [5.74, 6) is -0.546. The average Bonchev–Trinajstić information content (AvgIpc) is 2.92. The molecule has 0 aliphatic heterocycles. The van der Waals surface area contributed by atoms with Crippen molar-refractivity contribution < 1.29 is 38.0 Å². The van der Waals surface area contributed by atoms with E-state index in [9.17, 15) is 9.59 Å². The Morgan fingerprint density at radius 3 is 1.31 bits per heavy atom. The van der Waals surface area contributed by atoms with Gasteiger partial charge in [0.05, 0.1) is 38.3 Å². The lowest BCUT2D eigenvalue weighted by atomic mass is 10.2. The van der Waals surface area contributed by atoms with Crippen LogP contribution in [0.1, 0.15) is 37.8 Å². The van der Waals surface area contributed by atoms with E-state index in [0.29, 0.717) is 39.6 Å². The number of carbonyl (C=O) groups is 2. The average molecular weight is 505 g/mol. The van der Waals surface area contributed by atoms with E-state index in [1.165, 1.54) is 0 Å². The molecule has 0 N–H and O–H groups in total. The molecule has 0 unspecified atom stereocenters. The SMILES string of the molecule is CCOC[C@H](CC(=O)OCc1ccccc1)OC.CCOC[C@H](CC(=O)OCc1ccccc1)OC. The summed E-state index contributed by atoms with van der Waals surface area (Å²) < 4.78 is 31.1. The van der Waals surface area contributed by atoms with Crippen LogP contribution in [-0.4, -0.2) is 64.8 Å². The number of ether oxygens (including phenoxy) is 6. The highest BCUT2D eigenvalue weighted by Gasteiger charge is 2.15. The van der Waals surface area contributed by atoms with E-state index in [2.05, 4.69) is 0 Å². The predicted octanol–water partition coefficient (Wildman–Crippen LogP) is 4.34. The molecular weight excluding hydrogens is 464 g/mol. The van der Waals surface area contributed by atoms with Gasteiger partial charge in [-0.25, -0.2) is 0 Å². The van der Waals surface area contributed by atoms with Gasteiger partial charge >= 0.3 is 11.9 Å². The lowest BCUT2D eigenvalue weighted by Crippen LogP contribution is -2.23. The molecule has 0 aliphatic rings. The molecule has 0 fully saturated rings. The van der Waals surface area contributed by atoms with Crippen LogP contribution in [0, 0.1) is 0 Å². The van der Waals surface area contributed by atoms with Gasteiger partial charge in [0.15, 0.2) is 0 Å². The Balaban J connectivity index is 0.000000360. The summed E-state index contributed by atoms with van der Waals surface area (Å²) in [7, 11) is 3.13. The second-order valence-corrected chi connectivity index (χ2v) is 7.74. The van der Waals surface area contributed by atoms with Gasteiger partial charge < -0.3 is 28.4 Å². The largest absolute Gasteiger partial charge is 0.461 e. The Kier molecular flexibility index (Phi) is 17.7. The van der Waals surface area contributed by atoms with Gasteiger partial charge in [-0.15, -0.1) is 0 Å². The van der Waals surface area contributed by atoms with Crippen LogP contribution in [0.25, 0.3) is 0 Å². The van der Waals surface area contributed by atoms with Crippen molar-refractivity contribution >= 4 is 11.9 Å². The first-order valence-electron chi connectivity index (χ1n) is 12.1. The molecule has 0 radical (unpaired) electrons. The maximum absolute atomic E-state index is 11.6. The van der Waals surface area contributed by atoms with Crippen molar-refractivity contribution in [1.29, 1.82) is 0 Å². The Bertz CT molecular complexity index is 743. The molecule has 8 heteroatoms.